The summed E-state index contributed by atoms with van der Waals surface area (Å²) in [5.74, 6) is 0.944. The number of aromatic hydroxyl groups is 1. The lowest BCUT2D eigenvalue weighted by Crippen LogP contribution is -2.21. The van der Waals surface area contributed by atoms with Crippen molar-refractivity contribution in [3.05, 3.63) is 59.2 Å². The molecule has 100 valence electrons. The molecule has 2 aromatic carbocycles. The Morgan fingerprint density at radius 2 is 2.20 bits per heavy atom. The van der Waals surface area contributed by atoms with Gasteiger partial charge in [0, 0.05) is 18.2 Å². The van der Waals surface area contributed by atoms with Gasteiger partial charge in [0.2, 0.25) is 0 Å². The van der Waals surface area contributed by atoms with Gasteiger partial charge in [0.1, 0.15) is 18.1 Å². The minimum absolute atomic E-state index is 0.108. The van der Waals surface area contributed by atoms with E-state index in [1.807, 2.05) is 24.3 Å². The molecule has 0 bridgehead atoms. The maximum atomic E-state index is 9.42. The number of hydrogen-bond donors (Lipinski definition) is 2. The lowest BCUT2D eigenvalue weighted by Gasteiger charge is -2.11. The molecule has 4 heteroatoms. The predicted molar refractivity (Wildman–Crippen MR) is 74.3 cm³/mol. The first-order valence-corrected chi connectivity index (χ1v) is 6.44. The van der Waals surface area contributed by atoms with Gasteiger partial charge in [0.15, 0.2) is 0 Å². The van der Waals surface area contributed by atoms with E-state index < -0.39 is 0 Å². The van der Waals surface area contributed by atoms with Crippen molar-refractivity contribution in [2.45, 2.75) is 12.6 Å². The number of phenolic OH excluding ortho intramolecular Hbond substituents is 1. The zero-order valence-electron chi connectivity index (χ0n) is 10.8. The summed E-state index contributed by atoms with van der Waals surface area (Å²) in [7, 11) is 0. The Kier molecular flexibility index (Phi) is 3.28. The van der Waals surface area contributed by atoms with E-state index in [9.17, 15) is 5.11 Å². The van der Waals surface area contributed by atoms with Crippen molar-refractivity contribution in [3.63, 3.8) is 0 Å². The summed E-state index contributed by atoms with van der Waals surface area (Å²) >= 11 is 0. The van der Waals surface area contributed by atoms with Crippen LogP contribution in [-0.2, 0) is 6.54 Å². The summed E-state index contributed by atoms with van der Waals surface area (Å²) < 4.78 is 5.55. The number of fused-ring (bicyclic) bond motifs is 1. The molecule has 1 atom stereocenters. The molecule has 2 aromatic rings. The average Bonchev–Trinajstić information content (AvgIpc) is 2.87. The summed E-state index contributed by atoms with van der Waals surface area (Å²) in [5, 5.41) is 21.7. The van der Waals surface area contributed by atoms with E-state index in [4.69, 9.17) is 10.00 Å². The molecule has 1 unspecified atom stereocenters. The summed E-state index contributed by atoms with van der Waals surface area (Å²) in [6.07, 6.45) is 0. The van der Waals surface area contributed by atoms with Gasteiger partial charge in [0.25, 0.3) is 0 Å². The highest BCUT2D eigenvalue weighted by molar-refractivity contribution is 5.44. The second-order valence-electron chi connectivity index (χ2n) is 4.78. The largest absolute Gasteiger partial charge is 0.508 e. The lowest BCUT2D eigenvalue weighted by atomic mass is 10.1. The molecule has 0 aliphatic carbocycles. The third-order valence-corrected chi connectivity index (χ3v) is 3.39. The third-order valence-electron chi connectivity index (χ3n) is 3.39. The molecule has 20 heavy (non-hydrogen) atoms. The van der Waals surface area contributed by atoms with Gasteiger partial charge in [-0.15, -0.1) is 0 Å². The molecule has 2 N–H and O–H groups in total. The maximum Gasteiger partial charge on any atom is 0.127 e. The topological polar surface area (TPSA) is 65.3 Å². The smallest absolute Gasteiger partial charge is 0.127 e. The van der Waals surface area contributed by atoms with E-state index in [2.05, 4.69) is 11.4 Å². The van der Waals surface area contributed by atoms with Gasteiger partial charge in [-0.05, 0) is 29.8 Å². The summed E-state index contributed by atoms with van der Waals surface area (Å²) in [6.45, 7) is 1.22. The number of rotatable bonds is 3. The normalized spacial score (nSPS) is 16.2. The Labute approximate surface area is 117 Å². The first kappa shape index (κ1) is 12.5. The number of nitrogens with one attached hydrogen (secondary N) is 1. The predicted octanol–water partition coefficient (Wildman–Crippen LogP) is 2.49. The molecule has 1 aliphatic heterocycles. The maximum absolute atomic E-state index is 9.42. The van der Waals surface area contributed by atoms with Crippen molar-refractivity contribution < 1.29 is 9.84 Å². The Morgan fingerprint density at radius 3 is 3.05 bits per heavy atom. The van der Waals surface area contributed by atoms with Crippen molar-refractivity contribution in [2.24, 2.45) is 0 Å². The number of phenols is 1. The van der Waals surface area contributed by atoms with Gasteiger partial charge < -0.3 is 15.2 Å². The molecule has 0 radical (unpaired) electrons. The molecule has 0 saturated carbocycles. The molecule has 4 nitrogen and oxygen atoms in total. The fourth-order valence-electron chi connectivity index (χ4n) is 2.36. The van der Waals surface area contributed by atoms with Crippen LogP contribution in [0.4, 0.5) is 0 Å². The van der Waals surface area contributed by atoms with Gasteiger partial charge in [-0.1, -0.05) is 12.1 Å². The lowest BCUT2D eigenvalue weighted by molar-refractivity contribution is 0.309. The Morgan fingerprint density at radius 1 is 1.30 bits per heavy atom. The highest BCUT2D eigenvalue weighted by Crippen LogP contribution is 2.34. The highest BCUT2D eigenvalue weighted by Gasteiger charge is 2.23. The second-order valence-corrected chi connectivity index (χ2v) is 4.78. The number of nitriles is 1. The third kappa shape index (κ3) is 2.44. The van der Waals surface area contributed by atoms with Gasteiger partial charge in [-0.2, -0.15) is 5.26 Å². The fraction of sp³-hybridized carbons (Fsp3) is 0.188. The van der Waals surface area contributed by atoms with Crippen LogP contribution in [0.15, 0.2) is 42.5 Å². The van der Waals surface area contributed by atoms with Crippen molar-refractivity contribution in [1.82, 2.24) is 5.32 Å². The Bertz CT molecular complexity index is 676. The Balaban J connectivity index is 1.70. The first-order chi connectivity index (χ1) is 9.76. The van der Waals surface area contributed by atoms with Gasteiger partial charge in [-0.3, -0.25) is 0 Å². The van der Waals surface area contributed by atoms with Crippen LogP contribution < -0.4 is 10.1 Å². The molecular formula is C16H14N2O2. The molecule has 1 heterocycles. The van der Waals surface area contributed by atoms with Crippen LogP contribution in [0.2, 0.25) is 0 Å². The van der Waals surface area contributed by atoms with Crippen LogP contribution in [0.1, 0.15) is 22.7 Å². The molecule has 3 rings (SSSR count). The van der Waals surface area contributed by atoms with Crippen LogP contribution in [0, 0.1) is 11.3 Å². The van der Waals surface area contributed by atoms with Crippen molar-refractivity contribution >= 4 is 0 Å². The van der Waals surface area contributed by atoms with Crippen LogP contribution in [0.3, 0.4) is 0 Å². The van der Waals surface area contributed by atoms with E-state index in [0.29, 0.717) is 18.7 Å². The highest BCUT2D eigenvalue weighted by atomic mass is 16.5. The van der Waals surface area contributed by atoms with Gasteiger partial charge >= 0.3 is 0 Å². The molecule has 0 saturated heterocycles. The van der Waals surface area contributed by atoms with Gasteiger partial charge in [-0.25, -0.2) is 0 Å². The SMILES string of the molecule is N#Cc1cccc(CNC2COc3cc(O)ccc32)c1. The Hall–Kier alpha value is -2.51. The van der Waals surface area contributed by atoms with E-state index in [-0.39, 0.29) is 11.8 Å². The zero-order valence-corrected chi connectivity index (χ0v) is 10.8. The minimum Gasteiger partial charge on any atom is -0.508 e. The summed E-state index contributed by atoms with van der Waals surface area (Å²) in [5.41, 5.74) is 2.79. The van der Waals surface area contributed by atoms with Crippen LogP contribution in [0.25, 0.3) is 0 Å². The quantitative estimate of drug-likeness (QED) is 0.895. The standard InChI is InChI=1S/C16H14N2O2/c17-8-11-2-1-3-12(6-11)9-18-15-10-20-16-7-13(19)4-5-14(15)16/h1-7,15,18-19H,9-10H2. The summed E-state index contributed by atoms with van der Waals surface area (Å²) in [4.78, 5) is 0. The number of benzene rings is 2. The van der Waals surface area contributed by atoms with Crippen molar-refractivity contribution in [3.8, 4) is 17.6 Å². The second kappa shape index (κ2) is 5.24. The van der Waals surface area contributed by atoms with E-state index in [0.717, 1.165) is 16.9 Å². The molecule has 1 aliphatic rings. The summed E-state index contributed by atoms with van der Waals surface area (Å²) in [6, 6.07) is 15.0. The van der Waals surface area contributed by atoms with Crippen LogP contribution in [0.5, 0.6) is 11.5 Å². The van der Waals surface area contributed by atoms with E-state index >= 15 is 0 Å². The minimum atomic E-state index is 0.108. The monoisotopic (exact) mass is 266 g/mol. The van der Waals surface area contributed by atoms with Gasteiger partial charge in [0.05, 0.1) is 17.7 Å². The molecule has 0 spiro atoms. The molecule has 0 fully saturated rings. The number of nitrogens with zero attached hydrogens (tertiary/aromatic N) is 1. The molecule has 0 amide bonds. The zero-order chi connectivity index (χ0) is 13.9. The van der Waals surface area contributed by atoms with Crippen LogP contribution >= 0.6 is 0 Å². The first-order valence-electron chi connectivity index (χ1n) is 6.44. The average molecular weight is 266 g/mol. The van der Waals surface area contributed by atoms with Crippen LogP contribution in [-0.4, -0.2) is 11.7 Å². The number of ether oxygens (including phenoxy) is 1. The molecular weight excluding hydrogens is 252 g/mol. The van der Waals surface area contributed by atoms with Crippen molar-refractivity contribution in [1.29, 1.82) is 5.26 Å². The fourth-order valence-corrected chi connectivity index (χ4v) is 2.36. The van der Waals surface area contributed by atoms with E-state index in [1.54, 1.807) is 18.2 Å². The van der Waals surface area contributed by atoms with Crippen molar-refractivity contribution in [2.75, 3.05) is 6.61 Å². The molecule has 0 aromatic heterocycles. The number of hydrogen-bond acceptors (Lipinski definition) is 4. The van der Waals surface area contributed by atoms with E-state index in [1.165, 1.54) is 0 Å².